The summed E-state index contributed by atoms with van der Waals surface area (Å²) in [5.41, 5.74) is 6.67. The summed E-state index contributed by atoms with van der Waals surface area (Å²) in [6, 6.07) is 0. The van der Waals surface area contributed by atoms with E-state index in [1.54, 1.807) is 11.8 Å². The van der Waals surface area contributed by atoms with Crippen LogP contribution in [0.5, 0.6) is 0 Å². The summed E-state index contributed by atoms with van der Waals surface area (Å²) in [5.74, 6) is 6.59. The van der Waals surface area contributed by atoms with E-state index in [0.29, 0.717) is 50.0 Å². The van der Waals surface area contributed by atoms with E-state index < -0.39 is 30.4 Å². The van der Waals surface area contributed by atoms with E-state index in [9.17, 15) is 19.8 Å². The van der Waals surface area contributed by atoms with Crippen molar-refractivity contribution in [3.8, 4) is 11.8 Å². The number of ether oxygens (including phenoxy) is 2. The lowest BCUT2D eigenvalue weighted by molar-refractivity contribution is -0.137. The summed E-state index contributed by atoms with van der Waals surface area (Å²) in [6.07, 6.45) is -0.723. The van der Waals surface area contributed by atoms with Gasteiger partial charge in [0.05, 0.1) is 12.9 Å². The first-order valence-corrected chi connectivity index (χ1v) is 14.8. The van der Waals surface area contributed by atoms with Gasteiger partial charge in [0.2, 0.25) is 5.82 Å². The van der Waals surface area contributed by atoms with Gasteiger partial charge in [0.25, 0.3) is 5.91 Å². The molecule has 2 amide bonds. The maximum Gasteiger partial charge on any atom is 0.409 e. The van der Waals surface area contributed by atoms with Crippen molar-refractivity contribution < 1.29 is 29.3 Å². The molecule has 2 aromatic rings. The number of nitrogens with one attached hydrogen (secondary N) is 2. The third kappa shape index (κ3) is 7.09. The van der Waals surface area contributed by atoms with Crippen molar-refractivity contribution in [1.29, 1.82) is 0 Å². The number of aromatic nitrogens is 4. The van der Waals surface area contributed by atoms with Crippen molar-refractivity contribution in [2.45, 2.75) is 71.0 Å². The predicted molar refractivity (Wildman–Crippen MR) is 154 cm³/mol. The summed E-state index contributed by atoms with van der Waals surface area (Å²) in [6.45, 7) is 9.71. The molecule has 0 spiro atoms. The number of likely N-dealkylation sites (N-methyl/N-ethyl adjacent to an activating group) is 1. The number of nitrogens with zero attached hydrogens (tertiary/aromatic N) is 5. The van der Waals surface area contributed by atoms with Gasteiger partial charge in [0, 0.05) is 38.5 Å². The number of fused-ring (bicyclic) bond motifs is 1. The molecule has 3 saturated heterocycles. The van der Waals surface area contributed by atoms with Gasteiger partial charge >= 0.3 is 6.09 Å². The number of carbonyl (C=O) groups excluding carboxylic acids is 2. The molecule has 14 nitrogen and oxygen atoms in total. The molecule has 3 aliphatic rings. The Morgan fingerprint density at radius 2 is 1.95 bits per heavy atom. The Labute approximate surface area is 245 Å². The highest BCUT2D eigenvalue weighted by Crippen LogP contribution is 2.32. The van der Waals surface area contributed by atoms with Crippen molar-refractivity contribution in [2.24, 2.45) is 11.8 Å². The number of nitrogen functional groups attached to an aromatic ring is 1. The number of hydrogen-bond acceptors (Lipinski definition) is 11. The van der Waals surface area contributed by atoms with Crippen LogP contribution in [-0.4, -0.2) is 104 Å². The number of rotatable bonds is 6. The van der Waals surface area contributed by atoms with Crippen LogP contribution < -0.4 is 16.4 Å². The molecule has 0 saturated carbocycles. The number of aliphatic hydroxyl groups is 2. The summed E-state index contributed by atoms with van der Waals surface area (Å²) in [7, 11) is 0. The highest BCUT2D eigenvalue weighted by molar-refractivity contribution is 5.83. The Bertz CT molecular complexity index is 1280. The van der Waals surface area contributed by atoms with Gasteiger partial charge in [-0.3, -0.25) is 9.36 Å². The fourth-order valence-electron chi connectivity index (χ4n) is 5.29. The first-order valence-electron chi connectivity index (χ1n) is 14.8. The lowest BCUT2D eigenvalue weighted by Crippen LogP contribution is -2.42. The van der Waals surface area contributed by atoms with E-state index in [0.717, 1.165) is 32.4 Å². The number of anilines is 1. The molecule has 5 rings (SSSR count). The van der Waals surface area contributed by atoms with Gasteiger partial charge in [-0.2, -0.15) is 0 Å². The zero-order chi connectivity index (χ0) is 30.2. The molecule has 230 valence electrons. The van der Waals surface area contributed by atoms with Crippen LogP contribution in [0.1, 0.15) is 58.5 Å². The fourth-order valence-corrected chi connectivity index (χ4v) is 5.29. The molecule has 3 fully saturated rings. The van der Waals surface area contributed by atoms with Gasteiger partial charge in [0.1, 0.15) is 17.7 Å². The van der Waals surface area contributed by atoms with Crippen LogP contribution in [0.2, 0.25) is 0 Å². The topological polar surface area (TPSA) is 190 Å². The second-order valence-corrected chi connectivity index (χ2v) is 10.5. The summed E-state index contributed by atoms with van der Waals surface area (Å²) >= 11 is 0. The van der Waals surface area contributed by atoms with E-state index >= 15 is 0 Å². The largest absolute Gasteiger partial charge is 0.449 e. The van der Waals surface area contributed by atoms with Gasteiger partial charge in [-0.05, 0) is 44.6 Å². The highest BCUT2D eigenvalue weighted by Gasteiger charge is 2.47. The lowest BCUT2D eigenvalue weighted by atomic mass is 9.94. The standard InChI is InChI=1S/C26H36N8O6.C2H6/c1-2-29-24(37)21-19(35)20(36)25(40-21)34-14-30-18-22(27)31-17(32-23(18)34)5-3-4-15-7-10-33(11-8-15)26(38)39-13-16-6-9-28-12-16;1-2/h14-16,19-21,25,28,35-36H,2,4,6-13H2,1H3,(H,29,37)(H2,27,31,32);1-2H3/t16?,19?,20-,21-,25+;/m0./s1. The highest BCUT2D eigenvalue weighted by atomic mass is 16.6. The summed E-state index contributed by atoms with van der Waals surface area (Å²) in [5, 5.41) is 26.8. The number of amides is 2. The number of likely N-dealkylation sites (tertiary alicyclic amines) is 1. The van der Waals surface area contributed by atoms with E-state index in [-0.39, 0.29) is 23.4 Å². The van der Waals surface area contributed by atoms with Crippen LogP contribution in [0.15, 0.2) is 6.33 Å². The molecule has 0 aliphatic carbocycles. The summed E-state index contributed by atoms with van der Waals surface area (Å²) < 4.78 is 12.6. The second-order valence-electron chi connectivity index (χ2n) is 10.5. The third-order valence-electron chi connectivity index (χ3n) is 7.64. The maximum atomic E-state index is 12.4. The molecule has 0 aromatic carbocycles. The first kappa shape index (κ1) is 31.4. The fraction of sp³-hybridized carbons (Fsp3) is 0.679. The van der Waals surface area contributed by atoms with Gasteiger partial charge in [-0.1, -0.05) is 19.8 Å². The molecule has 2 aromatic heterocycles. The normalized spacial score (nSPS) is 25.8. The Kier molecular flexibility index (Phi) is 10.9. The Morgan fingerprint density at radius 3 is 2.64 bits per heavy atom. The SMILES string of the molecule is CC.CCNC(=O)[C@H]1O[C@@H](n2cnc3c(N)nc(C#CCC4CCN(C(=O)OCC5CCNC5)CC4)nc32)[C@@H](O)C1O. The minimum Gasteiger partial charge on any atom is -0.449 e. The molecule has 6 N–H and O–H groups in total. The van der Waals surface area contributed by atoms with Crippen LogP contribution >= 0.6 is 0 Å². The minimum absolute atomic E-state index is 0.113. The molecule has 14 heteroatoms. The van der Waals surface area contributed by atoms with E-state index in [4.69, 9.17) is 15.2 Å². The Morgan fingerprint density at radius 1 is 1.19 bits per heavy atom. The zero-order valence-corrected chi connectivity index (χ0v) is 24.5. The molecule has 42 heavy (non-hydrogen) atoms. The van der Waals surface area contributed by atoms with Crippen LogP contribution in [-0.2, 0) is 14.3 Å². The van der Waals surface area contributed by atoms with Crippen molar-refractivity contribution in [1.82, 2.24) is 35.1 Å². The summed E-state index contributed by atoms with van der Waals surface area (Å²) in [4.78, 5) is 39.3. The molecule has 0 radical (unpaired) electrons. The van der Waals surface area contributed by atoms with E-state index in [2.05, 4.69) is 37.4 Å². The molecule has 5 atom stereocenters. The first-order chi connectivity index (χ1) is 20.4. The van der Waals surface area contributed by atoms with Crippen LogP contribution in [0.4, 0.5) is 10.6 Å². The molecular formula is C28H42N8O6. The van der Waals surface area contributed by atoms with Crippen molar-refractivity contribution in [2.75, 3.05) is 45.1 Å². The minimum atomic E-state index is -1.43. The lowest BCUT2D eigenvalue weighted by Gasteiger charge is -2.30. The van der Waals surface area contributed by atoms with Crippen LogP contribution in [0.3, 0.4) is 0 Å². The number of aliphatic hydroxyl groups excluding tert-OH is 2. The van der Waals surface area contributed by atoms with Crippen LogP contribution in [0, 0.1) is 23.7 Å². The number of nitrogens with two attached hydrogens (primary N) is 1. The molecule has 5 heterocycles. The second kappa shape index (κ2) is 14.6. The monoisotopic (exact) mass is 586 g/mol. The van der Waals surface area contributed by atoms with Gasteiger partial charge in [-0.25, -0.2) is 19.7 Å². The molecule has 0 bridgehead atoms. The average molecular weight is 587 g/mol. The number of carbonyl (C=O) groups is 2. The quantitative estimate of drug-likeness (QED) is 0.294. The van der Waals surface area contributed by atoms with Crippen molar-refractivity contribution in [3.05, 3.63) is 12.2 Å². The van der Waals surface area contributed by atoms with Crippen molar-refractivity contribution >= 4 is 29.0 Å². The molecular weight excluding hydrogens is 544 g/mol. The number of hydrogen-bond donors (Lipinski definition) is 5. The number of piperidine rings is 1. The average Bonchev–Trinajstić information content (AvgIpc) is 3.74. The maximum absolute atomic E-state index is 12.4. The van der Waals surface area contributed by atoms with E-state index in [1.807, 2.05) is 13.8 Å². The van der Waals surface area contributed by atoms with Gasteiger partial charge in [-0.15, -0.1) is 0 Å². The van der Waals surface area contributed by atoms with Crippen LogP contribution in [0.25, 0.3) is 11.2 Å². The Hall–Kier alpha value is -3.51. The molecule has 2 unspecified atom stereocenters. The molecule has 3 aliphatic heterocycles. The Balaban J connectivity index is 0.00000198. The van der Waals surface area contributed by atoms with E-state index in [1.165, 1.54) is 10.9 Å². The zero-order valence-electron chi connectivity index (χ0n) is 24.5. The number of imidazole rings is 1. The van der Waals surface area contributed by atoms with Gasteiger partial charge < -0.3 is 41.0 Å². The smallest absolute Gasteiger partial charge is 0.409 e. The predicted octanol–water partition coefficient (Wildman–Crippen LogP) is 0.390. The van der Waals surface area contributed by atoms with Crippen molar-refractivity contribution in [3.63, 3.8) is 0 Å². The third-order valence-corrected chi connectivity index (χ3v) is 7.64. The van der Waals surface area contributed by atoms with Gasteiger partial charge in [0.15, 0.2) is 23.8 Å².